The molecule has 10 unspecified atom stereocenters. The fourth-order valence-corrected chi connectivity index (χ4v) is 8.86. The molecule has 0 radical (unpaired) electrons. The van der Waals surface area contributed by atoms with E-state index in [-0.39, 0.29) is 54.9 Å². The summed E-state index contributed by atoms with van der Waals surface area (Å²) in [5.41, 5.74) is 14.4. The van der Waals surface area contributed by atoms with Crippen LogP contribution >= 0.6 is 0 Å². The van der Waals surface area contributed by atoms with Gasteiger partial charge in [-0.3, -0.25) is 14.4 Å². The molecule has 10 atom stereocenters. The number of ether oxygens (including phenoxy) is 6. The molecular weight excluding hydrogens is 510 g/mol. The number of rotatable bonds is 15. The van der Waals surface area contributed by atoms with E-state index >= 15 is 0 Å². The minimum Gasteiger partial charge on any atom is -0.373 e. The van der Waals surface area contributed by atoms with E-state index in [0.717, 1.165) is 0 Å². The zero-order chi connectivity index (χ0) is 27.2. The molecule has 39 heavy (non-hydrogen) atoms. The van der Waals surface area contributed by atoms with E-state index in [1.165, 1.54) is 0 Å². The van der Waals surface area contributed by atoms with Crippen LogP contribution in [0.25, 0.3) is 0 Å². The lowest BCUT2D eigenvalue weighted by Gasteiger charge is -2.68. The summed E-state index contributed by atoms with van der Waals surface area (Å²) >= 11 is 0. The highest BCUT2D eigenvalue weighted by Crippen LogP contribution is 2.74. The van der Waals surface area contributed by atoms with Crippen molar-refractivity contribution in [3.05, 3.63) is 0 Å². The fraction of sp³-hybridized carbons (Fsp3) is 0.889. The number of epoxide rings is 6. The Labute approximate surface area is 226 Å². The lowest BCUT2D eigenvalue weighted by molar-refractivity contribution is -0.228. The lowest BCUT2D eigenvalue weighted by atomic mass is 9.32. The summed E-state index contributed by atoms with van der Waals surface area (Å²) in [6.07, 6.45) is 1.88. The van der Waals surface area contributed by atoms with Gasteiger partial charge in [0.15, 0.2) is 0 Å². The van der Waals surface area contributed by atoms with Gasteiger partial charge >= 0.3 is 0 Å². The Hall–Kier alpha value is -1.83. The molecule has 6 N–H and O–H groups in total. The molecule has 6 heterocycles. The highest BCUT2D eigenvalue weighted by molar-refractivity contribution is 6.10. The van der Waals surface area contributed by atoms with Gasteiger partial charge in [-0.1, -0.05) is 0 Å². The van der Waals surface area contributed by atoms with E-state index in [1.807, 2.05) is 0 Å². The summed E-state index contributed by atoms with van der Waals surface area (Å²) in [7, 11) is 0. The van der Waals surface area contributed by atoms with E-state index in [4.69, 9.17) is 45.6 Å². The van der Waals surface area contributed by atoms with Gasteiger partial charge < -0.3 is 45.6 Å². The van der Waals surface area contributed by atoms with Crippen LogP contribution in [0.15, 0.2) is 0 Å². The van der Waals surface area contributed by atoms with Crippen molar-refractivity contribution in [2.24, 2.45) is 51.2 Å². The summed E-state index contributed by atoms with van der Waals surface area (Å²) in [6.45, 7) is 3.22. The molecule has 12 nitrogen and oxygen atoms in total. The van der Waals surface area contributed by atoms with Gasteiger partial charge in [0, 0.05) is 0 Å². The van der Waals surface area contributed by atoms with Crippen LogP contribution in [0.2, 0.25) is 0 Å². The second kappa shape index (κ2) is 9.09. The normalized spacial score (nSPS) is 48.2. The van der Waals surface area contributed by atoms with Crippen molar-refractivity contribution < 1.29 is 42.8 Å². The van der Waals surface area contributed by atoms with Crippen molar-refractivity contribution in [1.82, 2.24) is 0 Å². The minimum atomic E-state index is -2.05. The highest BCUT2D eigenvalue weighted by atomic mass is 16.6. The average Bonchev–Trinajstić information content (AvgIpc) is 3.67. The topological polar surface area (TPSA) is 204 Å². The molecule has 3 amide bonds. The van der Waals surface area contributed by atoms with Crippen LogP contribution in [0.3, 0.4) is 0 Å². The zero-order valence-electron chi connectivity index (χ0n) is 22.1. The first-order valence-electron chi connectivity index (χ1n) is 14.3. The van der Waals surface area contributed by atoms with Gasteiger partial charge in [-0.05, 0) is 61.7 Å². The van der Waals surface area contributed by atoms with Gasteiger partial charge in [0.05, 0.1) is 81.7 Å². The standard InChI is InChI=1S/C27H39N3O9/c28-22(31)26(6-18-12-39-18)25(4-16-10-37-16,5-17-11-38-17)20(2-14-8-35-14)19(1-13-7-34-13)21(3-15-9-36-15)27(26,23(29)32)24(30)33/h13-21H,1-12H2,(H2,28,31)(H2,29,32)(H2,30,33). The summed E-state index contributed by atoms with van der Waals surface area (Å²) in [5, 5.41) is 0. The van der Waals surface area contributed by atoms with E-state index < -0.39 is 39.9 Å². The predicted molar refractivity (Wildman–Crippen MR) is 131 cm³/mol. The lowest BCUT2D eigenvalue weighted by Crippen LogP contribution is -2.78. The van der Waals surface area contributed by atoms with Gasteiger partial charge in [-0.15, -0.1) is 0 Å². The van der Waals surface area contributed by atoms with Gasteiger partial charge in [0.2, 0.25) is 17.7 Å². The molecule has 0 aromatic heterocycles. The fourth-order valence-electron chi connectivity index (χ4n) is 8.86. The van der Waals surface area contributed by atoms with Crippen molar-refractivity contribution >= 4 is 17.7 Å². The Kier molecular flexibility index (Phi) is 6.08. The molecular formula is C27H39N3O9. The highest BCUT2D eigenvalue weighted by Gasteiger charge is 2.81. The third kappa shape index (κ3) is 4.29. The molecule has 1 saturated carbocycles. The third-order valence-corrected chi connectivity index (χ3v) is 10.7. The molecule has 0 spiro atoms. The van der Waals surface area contributed by atoms with Crippen molar-refractivity contribution in [2.75, 3.05) is 39.6 Å². The summed E-state index contributed by atoms with van der Waals surface area (Å²) in [6, 6.07) is 0. The number of carbonyl (C=O) groups excluding carboxylic acids is 3. The minimum absolute atomic E-state index is 0.00131. The van der Waals surface area contributed by atoms with Gasteiger partial charge in [0.25, 0.3) is 0 Å². The van der Waals surface area contributed by atoms with Crippen LogP contribution in [-0.2, 0) is 42.8 Å². The molecule has 6 saturated heterocycles. The summed E-state index contributed by atoms with van der Waals surface area (Å²) < 4.78 is 34.4. The quantitative estimate of drug-likeness (QED) is 0.169. The molecule has 7 fully saturated rings. The molecule has 0 aromatic carbocycles. The van der Waals surface area contributed by atoms with Crippen molar-refractivity contribution in [3.63, 3.8) is 0 Å². The maximum atomic E-state index is 14.3. The molecule has 6 aliphatic heterocycles. The largest absolute Gasteiger partial charge is 0.373 e. The molecule has 7 aliphatic rings. The van der Waals surface area contributed by atoms with E-state index in [0.29, 0.717) is 71.7 Å². The molecule has 0 bridgehead atoms. The number of primary amides is 3. The van der Waals surface area contributed by atoms with E-state index in [2.05, 4.69) is 0 Å². The number of nitrogens with two attached hydrogens (primary N) is 3. The Morgan fingerprint density at radius 3 is 1.31 bits per heavy atom. The second-order valence-corrected chi connectivity index (χ2v) is 12.9. The maximum Gasteiger partial charge on any atom is 0.234 e. The Morgan fingerprint density at radius 2 is 0.923 bits per heavy atom. The Morgan fingerprint density at radius 1 is 0.538 bits per heavy atom. The number of carbonyl (C=O) groups is 3. The van der Waals surface area contributed by atoms with Crippen molar-refractivity contribution in [1.29, 1.82) is 0 Å². The Bertz CT molecular complexity index is 1000. The van der Waals surface area contributed by atoms with Gasteiger partial charge in [-0.2, -0.15) is 0 Å². The first-order chi connectivity index (χ1) is 18.7. The summed E-state index contributed by atoms with van der Waals surface area (Å²) in [5.74, 6) is -3.56. The van der Waals surface area contributed by atoms with Crippen LogP contribution in [0.1, 0.15) is 38.5 Å². The van der Waals surface area contributed by atoms with Gasteiger partial charge in [0.1, 0.15) is 5.41 Å². The van der Waals surface area contributed by atoms with Crippen LogP contribution < -0.4 is 17.2 Å². The van der Waals surface area contributed by atoms with E-state index in [9.17, 15) is 14.4 Å². The summed E-state index contributed by atoms with van der Waals surface area (Å²) in [4.78, 5) is 42.4. The molecule has 216 valence electrons. The molecule has 12 heteroatoms. The maximum absolute atomic E-state index is 14.3. The monoisotopic (exact) mass is 549 g/mol. The average molecular weight is 550 g/mol. The number of amides is 3. The van der Waals surface area contributed by atoms with Crippen molar-refractivity contribution in [2.45, 2.75) is 75.1 Å². The first-order valence-corrected chi connectivity index (χ1v) is 14.3. The number of hydrogen-bond donors (Lipinski definition) is 3. The number of hydrogen-bond acceptors (Lipinski definition) is 9. The van der Waals surface area contributed by atoms with Gasteiger partial charge in [-0.25, -0.2) is 0 Å². The van der Waals surface area contributed by atoms with Crippen LogP contribution in [0.5, 0.6) is 0 Å². The molecule has 1 aliphatic carbocycles. The van der Waals surface area contributed by atoms with Crippen LogP contribution in [0.4, 0.5) is 0 Å². The van der Waals surface area contributed by atoms with Crippen LogP contribution in [-0.4, -0.2) is 94.0 Å². The predicted octanol–water partition coefficient (Wildman–Crippen LogP) is -1.00. The third-order valence-electron chi connectivity index (χ3n) is 10.7. The zero-order valence-corrected chi connectivity index (χ0v) is 22.1. The van der Waals surface area contributed by atoms with E-state index in [1.54, 1.807) is 0 Å². The van der Waals surface area contributed by atoms with Crippen LogP contribution in [0, 0.1) is 34.0 Å². The smallest absolute Gasteiger partial charge is 0.234 e. The van der Waals surface area contributed by atoms with Crippen molar-refractivity contribution in [3.8, 4) is 0 Å². The second-order valence-electron chi connectivity index (χ2n) is 12.9. The Balaban J connectivity index is 1.51. The molecule has 0 aromatic rings. The first kappa shape index (κ1) is 26.1. The SMILES string of the molecule is NC(=O)C1(C(N)=O)C(CC2CO2)C(CC2CO2)C(CC2CO2)C(CC2CO2)(CC2CO2)C1(CC1CO1)C(N)=O. The molecule has 7 rings (SSSR count).